The van der Waals surface area contributed by atoms with E-state index in [-0.39, 0.29) is 16.9 Å². The number of ether oxygens (including phenoxy) is 1. The Balaban J connectivity index is 2.39. The second-order valence-corrected chi connectivity index (χ2v) is 6.83. The van der Waals surface area contributed by atoms with Crippen molar-refractivity contribution >= 4 is 11.9 Å². The lowest BCUT2D eigenvalue weighted by molar-refractivity contribution is -0.139. The van der Waals surface area contributed by atoms with Gasteiger partial charge in [-0.25, -0.2) is 9.59 Å². The fourth-order valence-electron chi connectivity index (χ4n) is 3.48. The van der Waals surface area contributed by atoms with Gasteiger partial charge in [0.15, 0.2) is 5.60 Å². The zero-order chi connectivity index (χ0) is 22.8. The van der Waals surface area contributed by atoms with Gasteiger partial charge in [0.05, 0.1) is 16.7 Å². The molecule has 3 aromatic carbocycles. The van der Waals surface area contributed by atoms with Gasteiger partial charge in [0.25, 0.3) is 0 Å². The number of carboxylic acid groups (broad SMARTS) is 2. The van der Waals surface area contributed by atoms with Crippen LogP contribution in [0.3, 0.4) is 0 Å². The van der Waals surface area contributed by atoms with Crippen LogP contribution in [-0.4, -0.2) is 22.2 Å². The third-order valence-electron chi connectivity index (χ3n) is 4.83. The summed E-state index contributed by atoms with van der Waals surface area (Å²) in [7, 11) is 0. The van der Waals surface area contributed by atoms with Crippen LogP contribution in [0.5, 0.6) is 5.75 Å². The van der Waals surface area contributed by atoms with E-state index in [1.807, 2.05) is 0 Å². The maximum atomic E-state index is 13.8. The highest BCUT2D eigenvalue weighted by Crippen LogP contribution is 2.43. The van der Waals surface area contributed by atoms with E-state index >= 15 is 0 Å². The summed E-state index contributed by atoms with van der Waals surface area (Å²) >= 11 is 0. The average molecular weight is 430 g/mol. The SMILES string of the molecule is CC(Oc1ccccc1)(c1ccccc1C(F)(F)F)c1cccc(C(=O)O)c1C(=O)O. The normalized spacial score (nSPS) is 13.3. The second kappa shape index (κ2) is 8.14. The van der Waals surface area contributed by atoms with Crippen molar-refractivity contribution in [2.24, 2.45) is 0 Å². The number of rotatable bonds is 6. The van der Waals surface area contributed by atoms with Crippen LogP contribution in [-0.2, 0) is 11.8 Å². The number of hydrogen-bond donors (Lipinski definition) is 2. The van der Waals surface area contributed by atoms with E-state index in [4.69, 9.17) is 4.74 Å². The lowest BCUT2D eigenvalue weighted by Crippen LogP contribution is -2.36. The van der Waals surface area contributed by atoms with Gasteiger partial charge in [-0.2, -0.15) is 13.2 Å². The number of hydrogen-bond acceptors (Lipinski definition) is 3. The smallest absolute Gasteiger partial charge is 0.416 e. The van der Waals surface area contributed by atoms with Crippen LogP contribution in [0.15, 0.2) is 72.8 Å². The largest absolute Gasteiger partial charge is 0.478 e. The molecule has 0 fully saturated rings. The molecule has 0 aliphatic rings. The number of carboxylic acids is 2. The van der Waals surface area contributed by atoms with E-state index in [1.54, 1.807) is 18.2 Å². The summed E-state index contributed by atoms with van der Waals surface area (Å²) in [4.78, 5) is 23.7. The molecule has 8 heteroatoms. The monoisotopic (exact) mass is 430 g/mol. The zero-order valence-electron chi connectivity index (χ0n) is 16.2. The fourth-order valence-corrected chi connectivity index (χ4v) is 3.48. The molecule has 5 nitrogen and oxygen atoms in total. The van der Waals surface area contributed by atoms with E-state index in [0.29, 0.717) is 0 Å². The van der Waals surface area contributed by atoms with Gasteiger partial charge in [0.1, 0.15) is 5.75 Å². The van der Waals surface area contributed by atoms with Crippen molar-refractivity contribution in [1.29, 1.82) is 0 Å². The first kappa shape index (κ1) is 21.9. The van der Waals surface area contributed by atoms with Gasteiger partial charge in [-0.15, -0.1) is 0 Å². The molecule has 0 bridgehead atoms. The first-order valence-electron chi connectivity index (χ1n) is 9.06. The van der Waals surface area contributed by atoms with E-state index in [9.17, 15) is 33.0 Å². The van der Waals surface area contributed by atoms with Gasteiger partial charge in [-0.3, -0.25) is 0 Å². The lowest BCUT2D eigenvalue weighted by Gasteiger charge is -2.35. The summed E-state index contributed by atoms with van der Waals surface area (Å²) in [6.07, 6.45) is -4.76. The quantitative estimate of drug-likeness (QED) is 0.544. The third-order valence-corrected chi connectivity index (χ3v) is 4.83. The number of alkyl halides is 3. The summed E-state index contributed by atoms with van der Waals surface area (Å²) in [5.74, 6) is -2.94. The maximum Gasteiger partial charge on any atom is 0.416 e. The van der Waals surface area contributed by atoms with E-state index in [2.05, 4.69) is 0 Å². The second-order valence-electron chi connectivity index (χ2n) is 6.83. The molecular formula is C23H17F3O5. The van der Waals surface area contributed by atoms with E-state index < -0.39 is 40.4 Å². The molecule has 0 heterocycles. The molecule has 0 saturated heterocycles. The maximum absolute atomic E-state index is 13.8. The molecule has 0 saturated carbocycles. The van der Waals surface area contributed by atoms with Crippen molar-refractivity contribution in [3.05, 3.63) is 101 Å². The lowest BCUT2D eigenvalue weighted by atomic mass is 9.81. The predicted molar refractivity (Wildman–Crippen MR) is 105 cm³/mol. The Hall–Kier alpha value is -3.81. The molecule has 2 N–H and O–H groups in total. The Morgan fingerprint density at radius 3 is 1.84 bits per heavy atom. The Labute approximate surface area is 175 Å². The number of aromatic carboxylic acids is 2. The molecule has 0 radical (unpaired) electrons. The highest BCUT2D eigenvalue weighted by atomic mass is 19.4. The number of benzene rings is 3. The number of para-hydroxylation sites is 1. The third kappa shape index (κ3) is 4.23. The standard InChI is InChI=1S/C23H17F3O5/c1-22(31-14-8-3-2-4-9-14,16-11-5-6-12-17(16)23(24,25)26)18-13-7-10-15(20(27)28)19(18)21(29)30/h2-13H,1H3,(H,27,28)(H,29,30). The van der Waals surface area contributed by atoms with Gasteiger partial charge >= 0.3 is 18.1 Å². The number of halogens is 3. The van der Waals surface area contributed by atoms with Crippen LogP contribution >= 0.6 is 0 Å². The van der Waals surface area contributed by atoms with Gasteiger partial charge in [-0.1, -0.05) is 48.5 Å². The molecule has 0 aliphatic carbocycles. The van der Waals surface area contributed by atoms with Gasteiger partial charge in [-0.05, 0) is 31.2 Å². The molecule has 0 amide bonds. The molecule has 0 aromatic heterocycles. The average Bonchev–Trinajstić information content (AvgIpc) is 2.73. The van der Waals surface area contributed by atoms with Crippen molar-refractivity contribution in [1.82, 2.24) is 0 Å². The Bertz CT molecular complexity index is 1130. The van der Waals surface area contributed by atoms with Crippen molar-refractivity contribution in [2.75, 3.05) is 0 Å². The van der Waals surface area contributed by atoms with Crippen LogP contribution in [0.4, 0.5) is 13.2 Å². The molecule has 0 aliphatic heterocycles. The predicted octanol–water partition coefficient (Wildman–Crippen LogP) is 5.44. The molecule has 160 valence electrons. The van der Waals surface area contributed by atoms with Crippen LogP contribution in [0.1, 0.15) is 44.3 Å². The molecule has 3 rings (SSSR count). The molecule has 0 spiro atoms. The van der Waals surface area contributed by atoms with Crippen molar-refractivity contribution < 1.29 is 37.7 Å². The summed E-state index contributed by atoms with van der Waals surface area (Å²) in [6, 6.07) is 16.2. The van der Waals surface area contributed by atoms with Crippen LogP contribution in [0.2, 0.25) is 0 Å². The number of carbonyl (C=O) groups is 2. The minimum absolute atomic E-state index is 0.180. The zero-order valence-corrected chi connectivity index (χ0v) is 16.2. The highest BCUT2D eigenvalue weighted by molar-refractivity contribution is 6.03. The molecular weight excluding hydrogens is 413 g/mol. The van der Waals surface area contributed by atoms with Crippen molar-refractivity contribution in [3.63, 3.8) is 0 Å². The van der Waals surface area contributed by atoms with Crippen LogP contribution < -0.4 is 4.74 Å². The molecule has 1 unspecified atom stereocenters. The van der Waals surface area contributed by atoms with Gasteiger partial charge < -0.3 is 14.9 Å². The summed E-state index contributed by atoms with van der Waals surface area (Å²) in [5.41, 5.74) is -4.78. The Morgan fingerprint density at radius 2 is 1.29 bits per heavy atom. The Kier molecular flexibility index (Phi) is 5.75. The first-order valence-corrected chi connectivity index (χ1v) is 9.06. The van der Waals surface area contributed by atoms with E-state index in [0.717, 1.165) is 12.1 Å². The van der Waals surface area contributed by atoms with Crippen LogP contribution in [0, 0.1) is 0 Å². The van der Waals surface area contributed by atoms with Crippen LogP contribution in [0.25, 0.3) is 0 Å². The van der Waals surface area contributed by atoms with Crippen molar-refractivity contribution in [3.8, 4) is 5.75 Å². The summed E-state index contributed by atoms with van der Waals surface area (Å²) in [5, 5.41) is 19.2. The molecule has 31 heavy (non-hydrogen) atoms. The summed E-state index contributed by atoms with van der Waals surface area (Å²) in [6.45, 7) is 1.29. The molecule has 1 atom stereocenters. The van der Waals surface area contributed by atoms with Crippen molar-refractivity contribution in [2.45, 2.75) is 18.7 Å². The topological polar surface area (TPSA) is 83.8 Å². The minimum Gasteiger partial charge on any atom is -0.478 e. The first-order chi connectivity index (χ1) is 14.6. The van der Waals surface area contributed by atoms with Gasteiger partial charge in [0.2, 0.25) is 0 Å². The Morgan fingerprint density at radius 1 is 0.742 bits per heavy atom. The fraction of sp³-hybridized carbons (Fsp3) is 0.130. The minimum atomic E-state index is -4.76. The van der Waals surface area contributed by atoms with E-state index in [1.165, 1.54) is 49.4 Å². The summed E-state index contributed by atoms with van der Waals surface area (Å²) < 4.78 is 47.5. The highest BCUT2D eigenvalue weighted by Gasteiger charge is 2.44. The molecule has 3 aromatic rings. The van der Waals surface area contributed by atoms with Gasteiger partial charge in [0, 0.05) is 11.1 Å².